The predicted molar refractivity (Wildman–Crippen MR) is 78.0 cm³/mol. The molecule has 0 radical (unpaired) electrons. The summed E-state index contributed by atoms with van der Waals surface area (Å²) in [5.74, 6) is -0.172. The standard InChI is InChI=1S/C14H13N3OS/c18-14(13-2-1-7-19-13)17-16-9-10-3-4-12-11(8-10)5-6-15-12/h1-4,7-9,15H,5-6H2,(H,17,18)/b16-9+. The molecule has 0 aliphatic carbocycles. The lowest BCUT2D eigenvalue weighted by molar-refractivity contribution is 0.0959. The van der Waals surface area contributed by atoms with Crippen LogP contribution >= 0.6 is 11.3 Å². The summed E-state index contributed by atoms with van der Waals surface area (Å²) in [6.45, 7) is 0.991. The molecule has 1 aromatic heterocycles. The van der Waals surface area contributed by atoms with E-state index in [4.69, 9.17) is 0 Å². The summed E-state index contributed by atoms with van der Waals surface area (Å²) in [4.78, 5) is 12.3. The molecule has 2 aromatic rings. The van der Waals surface area contributed by atoms with E-state index in [0.29, 0.717) is 4.88 Å². The number of carbonyl (C=O) groups is 1. The fourth-order valence-corrected chi connectivity index (χ4v) is 2.65. The van der Waals surface area contributed by atoms with Crippen molar-refractivity contribution < 1.29 is 4.79 Å². The Balaban J connectivity index is 1.65. The molecule has 0 saturated carbocycles. The maximum atomic E-state index is 11.7. The van der Waals surface area contributed by atoms with Gasteiger partial charge in [-0.2, -0.15) is 5.10 Å². The zero-order valence-corrected chi connectivity index (χ0v) is 11.0. The molecule has 0 bridgehead atoms. The minimum Gasteiger partial charge on any atom is -0.384 e. The molecule has 0 fully saturated rings. The number of nitrogens with one attached hydrogen (secondary N) is 2. The lowest BCUT2D eigenvalue weighted by Gasteiger charge is -2.00. The van der Waals surface area contributed by atoms with Crippen molar-refractivity contribution in [3.05, 3.63) is 51.7 Å². The Bertz CT molecular complexity index is 620. The molecule has 2 N–H and O–H groups in total. The third-order valence-corrected chi connectivity index (χ3v) is 3.83. The minimum absolute atomic E-state index is 0.172. The van der Waals surface area contributed by atoms with Crippen molar-refractivity contribution in [2.45, 2.75) is 6.42 Å². The van der Waals surface area contributed by atoms with Gasteiger partial charge < -0.3 is 5.32 Å². The summed E-state index contributed by atoms with van der Waals surface area (Å²) in [7, 11) is 0. The van der Waals surface area contributed by atoms with Gasteiger partial charge in [0.05, 0.1) is 11.1 Å². The summed E-state index contributed by atoms with van der Waals surface area (Å²) < 4.78 is 0. The molecule has 3 rings (SSSR count). The number of thiophene rings is 1. The number of carbonyl (C=O) groups excluding carboxylic acids is 1. The first-order valence-corrected chi connectivity index (χ1v) is 6.94. The van der Waals surface area contributed by atoms with Crippen molar-refractivity contribution in [1.29, 1.82) is 0 Å². The van der Waals surface area contributed by atoms with Crippen LogP contribution in [0.25, 0.3) is 0 Å². The second kappa shape index (κ2) is 5.24. The molecule has 2 heterocycles. The molecule has 19 heavy (non-hydrogen) atoms. The Labute approximate surface area is 115 Å². The van der Waals surface area contributed by atoms with Crippen LogP contribution in [0.15, 0.2) is 40.8 Å². The number of fused-ring (bicyclic) bond motifs is 1. The maximum Gasteiger partial charge on any atom is 0.281 e. The van der Waals surface area contributed by atoms with Crippen LogP contribution in [-0.2, 0) is 6.42 Å². The second-order valence-corrected chi connectivity index (χ2v) is 5.22. The van der Waals surface area contributed by atoms with E-state index in [-0.39, 0.29) is 5.91 Å². The van der Waals surface area contributed by atoms with Gasteiger partial charge in [0.25, 0.3) is 5.91 Å². The number of benzene rings is 1. The van der Waals surface area contributed by atoms with Crippen molar-refractivity contribution in [2.24, 2.45) is 5.10 Å². The molecule has 0 atom stereocenters. The van der Waals surface area contributed by atoms with Gasteiger partial charge in [-0.3, -0.25) is 4.79 Å². The topological polar surface area (TPSA) is 53.5 Å². The lowest BCUT2D eigenvalue weighted by Crippen LogP contribution is -2.16. The third kappa shape index (κ3) is 2.66. The third-order valence-electron chi connectivity index (χ3n) is 2.96. The molecule has 5 heteroatoms. The first kappa shape index (κ1) is 11.9. The predicted octanol–water partition coefficient (Wildman–Crippen LogP) is 2.48. The Morgan fingerprint density at radius 1 is 1.42 bits per heavy atom. The summed E-state index contributed by atoms with van der Waals surface area (Å²) in [6.07, 6.45) is 2.71. The van der Waals surface area contributed by atoms with Crippen LogP contribution in [0.3, 0.4) is 0 Å². The van der Waals surface area contributed by atoms with E-state index in [9.17, 15) is 4.79 Å². The number of nitrogens with zero attached hydrogens (tertiary/aromatic N) is 1. The van der Waals surface area contributed by atoms with E-state index >= 15 is 0 Å². The Hall–Kier alpha value is -2.14. The number of hydrogen-bond acceptors (Lipinski definition) is 4. The van der Waals surface area contributed by atoms with Crippen LogP contribution in [0.4, 0.5) is 5.69 Å². The Kier molecular flexibility index (Phi) is 3.29. The molecule has 96 valence electrons. The molecular weight excluding hydrogens is 258 g/mol. The van der Waals surface area contributed by atoms with Crippen molar-refractivity contribution in [3.8, 4) is 0 Å². The summed E-state index contributed by atoms with van der Waals surface area (Å²) in [5, 5.41) is 9.16. The smallest absolute Gasteiger partial charge is 0.281 e. The number of amides is 1. The van der Waals surface area contributed by atoms with Gasteiger partial charge in [-0.25, -0.2) is 5.43 Å². The highest BCUT2D eigenvalue weighted by atomic mass is 32.1. The van der Waals surface area contributed by atoms with Gasteiger partial charge in [0.15, 0.2) is 0 Å². The number of hydrogen-bond donors (Lipinski definition) is 2. The van der Waals surface area contributed by atoms with Gasteiger partial charge in [-0.15, -0.1) is 11.3 Å². The average Bonchev–Trinajstić information content (AvgIpc) is 3.09. The van der Waals surface area contributed by atoms with Gasteiger partial charge >= 0.3 is 0 Å². The largest absolute Gasteiger partial charge is 0.384 e. The molecule has 0 unspecified atom stereocenters. The fraction of sp³-hybridized carbons (Fsp3) is 0.143. The average molecular weight is 271 g/mol. The number of hydrazone groups is 1. The highest BCUT2D eigenvalue weighted by molar-refractivity contribution is 7.12. The Morgan fingerprint density at radius 3 is 3.21 bits per heavy atom. The van der Waals surface area contributed by atoms with Crippen LogP contribution in [0.5, 0.6) is 0 Å². The van der Waals surface area contributed by atoms with Gasteiger partial charge in [0, 0.05) is 12.2 Å². The van der Waals surface area contributed by atoms with Gasteiger partial charge in [-0.05, 0) is 41.1 Å². The molecule has 0 spiro atoms. The van der Waals surface area contributed by atoms with E-state index in [1.807, 2.05) is 23.6 Å². The van der Waals surface area contributed by atoms with E-state index in [0.717, 1.165) is 18.5 Å². The zero-order chi connectivity index (χ0) is 13.1. The fourth-order valence-electron chi connectivity index (χ4n) is 2.03. The van der Waals surface area contributed by atoms with Gasteiger partial charge in [0.2, 0.25) is 0 Å². The second-order valence-electron chi connectivity index (χ2n) is 4.27. The lowest BCUT2D eigenvalue weighted by atomic mass is 10.1. The van der Waals surface area contributed by atoms with Crippen LogP contribution < -0.4 is 10.7 Å². The molecular formula is C14H13N3OS. The van der Waals surface area contributed by atoms with E-state index < -0.39 is 0 Å². The summed E-state index contributed by atoms with van der Waals surface area (Å²) >= 11 is 1.40. The van der Waals surface area contributed by atoms with Crippen LogP contribution in [0.2, 0.25) is 0 Å². The highest BCUT2D eigenvalue weighted by Crippen LogP contribution is 2.22. The molecule has 1 aliphatic rings. The monoisotopic (exact) mass is 271 g/mol. The summed E-state index contributed by atoms with van der Waals surface area (Å²) in [5.41, 5.74) is 6.01. The van der Waals surface area contributed by atoms with Crippen molar-refractivity contribution in [3.63, 3.8) is 0 Å². The highest BCUT2D eigenvalue weighted by Gasteiger charge is 2.09. The Morgan fingerprint density at radius 2 is 2.37 bits per heavy atom. The maximum absolute atomic E-state index is 11.7. The van der Waals surface area contributed by atoms with Crippen molar-refractivity contribution in [1.82, 2.24) is 5.43 Å². The molecule has 1 amide bonds. The molecule has 1 aliphatic heterocycles. The van der Waals surface area contributed by atoms with Crippen LogP contribution in [0.1, 0.15) is 20.8 Å². The van der Waals surface area contributed by atoms with E-state index in [1.54, 1.807) is 12.3 Å². The minimum atomic E-state index is -0.172. The van der Waals surface area contributed by atoms with E-state index in [1.165, 1.54) is 22.6 Å². The first-order valence-electron chi connectivity index (χ1n) is 6.06. The molecule has 0 saturated heterocycles. The number of rotatable bonds is 3. The van der Waals surface area contributed by atoms with E-state index in [2.05, 4.69) is 21.9 Å². The molecule has 4 nitrogen and oxygen atoms in total. The van der Waals surface area contributed by atoms with Crippen LogP contribution in [0, 0.1) is 0 Å². The van der Waals surface area contributed by atoms with Crippen molar-refractivity contribution >= 4 is 29.1 Å². The zero-order valence-electron chi connectivity index (χ0n) is 10.2. The summed E-state index contributed by atoms with van der Waals surface area (Å²) in [6, 6.07) is 9.74. The molecule has 1 aromatic carbocycles. The van der Waals surface area contributed by atoms with Crippen molar-refractivity contribution in [2.75, 3.05) is 11.9 Å². The normalized spacial score (nSPS) is 13.3. The number of anilines is 1. The van der Waals surface area contributed by atoms with Gasteiger partial charge in [0.1, 0.15) is 0 Å². The quantitative estimate of drug-likeness (QED) is 0.665. The first-order chi connectivity index (χ1) is 9.33. The van der Waals surface area contributed by atoms with Gasteiger partial charge in [-0.1, -0.05) is 12.1 Å². The SMILES string of the molecule is O=C(N/N=C/c1ccc2c(c1)CCN2)c1cccs1. The van der Waals surface area contributed by atoms with Crippen LogP contribution in [-0.4, -0.2) is 18.7 Å².